The largest absolute Gasteiger partial charge is 0.479 e. The van der Waals surface area contributed by atoms with E-state index in [1.54, 1.807) is 0 Å². The SMILES string of the molecule is COC1(CC(=O)NC(C(=O)O)c2ccc(Cl)c(F)c2)CCC1. The van der Waals surface area contributed by atoms with E-state index in [1.807, 2.05) is 0 Å². The highest BCUT2D eigenvalue weighted by Gasteiger charge is 2.39. The lowest BCUT2D eigenvalue weighted by Gasteiger charge is -2.40. The highest BCUT2D eigenvalue weighted by Crippen LogP contribution is 2.38. The molecule has 1 aliphatic carbocycles. The van der Waals surface area contributed by atoms with Crippen LogP contribution in [-0.4, -0.2) is 29.7 Å². The number of hydrogen-bond donors (Lipinski definition) is 2. The van der Waals surface area contributed by atoms with E-state index in [2.05, 4.69) is 5.32 Å². The van der Waals surface area contributed by atoms with Crippen molar-refractivity contribution in [3.05, 3.63) is 34.6 Å². The average Bonchev–Trinajstić information content (AvgIpc) is 2.43. The molecule has 2 N–H and O–H groups in total. The van der Waals surface area contributed by atoms with Gasteiger partial charge in [-0.05, 0) is 37.0 Å². The van der Waals surface area contributed by atoms with Crippen molar-refractivity contribution >= 4 is 23.5 Å². The van der Waals surface area contributed by atoms with Crippen LogP contribution in [0.3, 0.4) is 0 Å². The molecule has 0 aliphatic heterocycles. The van der Waals surface area contributed by atoms with Gasteiger partial charge < -0.3 is 15.2 Å². The van der Waals surface area contributed by atoms with Gasteiger partial charge in [0.15, 0.2) is 6.04 Å². The van der Waals surface area contributed by atoms with Crippen molar-refractivity contribution in [3.8, 4) is 0 Å². The number of rotatable bonds is 6. The van der Waals surface area contributed by atoms with Crippen LogP contribution in [0.2, 0.25) is 5.02 Å². The number of ether oxygens (including phenoxy) is 1. The summed E-state index contributed by atoms with van der Waals surface area (Å²) in [5.41, 5.74) is -0.374. The lowest BCUT2D eigenvalue weighted by Crippen LogP contribution is -2.45. The molecule has 1 saturated carbocycles. The number of benzene rings is 1. The number of carbonyl (C=O) groups excluding carboxylic acids is 1. The Morgan fingerprint density at radius 2 is 2.18 bits per heavy atom. The van der Waals surface area contributed by atoms with E-state index >= 15 is 0 Å². The van der Waals surface area contributed by atoms with Crippen molar-refractivity contribution in [2.24, 2.45) is 0 Å². The van der Waals surface area contributed by atoms with Gasteiger partial charge in [0.25, 0.3) is 0 Å². The average molecular weight is 330 g/mol. The lowest BCUT2D eigenvalue weighted by atomic mass is 9.77. The van der Waals surface area contributed by atoms with Crippen LogP contribution in [0, 0.1) is 5.82 Å². The molecule has 0 aromatic heterocycles. The molecule has 1 amide bonds. The third-order valence-electron chi connectivity index (χ3n) is 4.01. The topological polar surface area (TPSA) is 75.6 Å². The van der Waals surface area contributed by atoms with Crippen molar-refractivity contribution < 1.29 is 23.8 Å². The van der Waals surface area contributed by atoms with Crippen LogP contribution in [0.25, 0.3) is 0 Å². The molecule has 0 bridgehead atoms. The quantitative estimate of drug-likeness (QED) is 0.841. The Labute approximate surface area is 132 Å². The van der Waals surface area contributed by atoms with Gasteiger partial charge in [0.2, 0.25) is 5.91 Å². The van der Waals surface area contributed by atoms with E-state index in [0.29, 0.717) is 0 Å². The molecule has 0 heterocycles. The highest BCUT2D eigenvalue weighted by atomic mass is 35.5. The van der Waals surface area contributed by atoms with Gasteiger partial charge in [-0.3, -0.25) is 4.79 Å². The van der Waals surface area contributed by atoms with Gasteiger partial charge in [0.1, 0.15) is 5.82 Å². The third kappa shape index (κ3) is 3.56. The molecule has 22 heavy (non-hydrogen) atoms. The fourth-order valence-corrected chi connectivity index (χ4v) is 2.63. The Hall–Kier alpha value is -1.66. The fourth-order valence-electron chi connectivity index (χ4n) is 2.51. The Balaban J connectivity index is 2.10. The first kappa shape index (κ1) is 16.7. The number of nitrogens with one attached hydrogen (secondary N) is 1. The van der Waals surface area contributed by atoms with Crippen LogP contribution in [0.4, 0.5) is 4.39 Å². The molecule has 1 fully saturated rings. The Morgan fingerprint density at radius 1 is 1.50 bits per heavy atom. The maximum Gasteiger partial charge on any atom is 0.330 e. The summed E-state index contributed by atoms with van der Waals surface area (Å²) in [4.78, 5) is 23.4. The van der Waals surface area contributed by atoms with Crippen molar-refractivity contribution in [1.29, 1.82) is 0 Å². The first-order chi connectivity index (χ1) is 10.4. The zero-order valence-electron chi connectivity index (χ0n) is 12.1. The summed E-state index contributed by atoms with van der Waals surface area (Å²) in [6.07, 6.45) is 2.60. The smallest absolute Gasteiger partial charge is 0.330 e. The molecule has 2 rings (SSSR count). The first-order valence-corrected chi connectivity index (χ1v) is 7.27. The molecule has 1 aliphatic rings. The molecular weight excluding hydrogens is 313 g/mol. The molecule has 120 valence electrons. The monoisotopic (exact) mass is 329 g/mol. The standard InChI is InChI=1S/C15H17ClFNO4/c1-22-15(5-2-6-15)8-12(19)18-13(14(20)21)9-3-4-10(16)11(17)7-9/h3-4,7,13H,2,5-6,8H2,1H3,(H,18,19)(H,20,21). The molecule has 1 aromatic rings. The summed E-state index contributed by atoms with van der Waals surface area (Å²) >= 11 is 5.58. The number of carboxylic acid groups (broad SMARTS) is 1. The number of amides is 1. The summed E-state index contributed by atoms with van der Waals surface area (Å²) < 4.78 is 18.8. The fraction of sp³-hybridized carbons (Fsp3) is 0.467. The van der Waals surface area contributed by atoms with Crippen LogP contribution in [-0.2, 0) is 14.3 Å². The molecule has 5 nitrogen and oxygen atoms in total. The zero-order chi connectivity index (χ0) is 16.3. The summed E-state index contributed by atoms with van der Waals surface area (Å²) in [6.45, 7) is 0. The van der Waals surface area contributed by atoms with Crippen LogP contribution in [0.15, 0.2) is 18.2 Å². The van der Waals surface area contributed by atoms with E-state index in [4.69, 9.17) is 16.3 Å². The minimum atomic E-state index is -1.33. The van der Waals surface area contributed by atoms with E-state index in [9.17, 15) is 19.1 Å². The van der Waals surface area contributed by atoms with Gasteiger partial charge in [0, 0.05) is 7.11 Å². The van der Waals surface area contributed by atoms with Gasteiger partial charge in [-0.15, -0.1) is 0 Å². The van der Waals surface area contributed by atoms with Crippen LogP contribution in [0.5, 0.6) is 0 Å². The second-order valence-corrected chi connectivity index (χ2v) is 5.84. The number of carboxylic acids is 1. The van der Waals surface area contributed by atoms with E-state index in [1.165, 1.54) is 19.2 Å². The van der Waals surface area contributed by atoms with E-state index in [0.717, 1.165) is 25.3 Å². The summed E-state index contributed by atoms with van der Waals surface area (Å²) in [7, 11) is 1.54. The van der Waals surface area contributed by atoms with Crippen molar-refractivity contribution in [3.63, 3.8) is 0 Å². The number of aliphatic carboxylic acids is 1. The van der Waals surface area contributed by atoms with Crippen LogP contribution < -0.4 is 5.32 Å². The van der Waals surface area contributed by atoms with Crippen molar-refractivity contribution in [2.45, 2.75) is 37.3 Å². The molecule has 1 aromatic carbocycles. The molecule has 1 unspecified atom stereocenters. The predicted molar refractivity (Wildman–Crippen MR) is 78.1 cm³/mol. The summed E-state index contributed by atoms with van der Waals surface area (Å²) in [6, 6.07) is 2.32. The van der Waals surface area contributed by atoms with Gasteiger partial charge in [-0.25, -0.2) is 9.18 Å². The molecule has 7 heteroatoms. The maximum absolute atomic E-state index is 13.5. The third-order valence-corrected chi connectivity index (χ3v) is 4.32. The second-order valence-electron chi connectivity index (χ2n) is 5.43. The molecule has 0 spiro atoms. The van der Waals surface area contributed by atoms with Gasteiger partial charge in [-0.2, -0.15) is 0 Å². The Bertz CT molecular complexity index is 583. The molecule has 0 saturated heterocycles. The summed E-state index contributed by atoms with van der Waals surface area (Å²) in [5.74, 6) is -2.44. The van der Waals surface area contributed by atoms with Crippen molar-refractivity contribution in [1.82, 2.24) is 5.32 Å². The number of halogens is 2. The van der Waals surface area contributed by atoms with E-state index in [-0.39, 0.29) is 17.0 Å². The van der Waals surface area contributed by atoms with Crippen LogP contribution in [0.1, 0.15) is 37.3 Å². The molecular formula is C15H17ClFNO4. The highest BCUT2D eigenvalue weighted by molar-refractivity contribution is 6.30. The Morgan fingerprint density at radius 3 is 2.64 bits per heavy atom. The Kier molecular flexibility index (Phi) is 5.03. The summed E-state index contributed by atoms with van der Waals surface area (Å²) in [5, 5.41) is 11.6. The van der Waals surface area contributed by atoms with E-state index < -0.39 is 29.3 Å². The van der Waals surface area contributed by atoms with Gasteiger partial charge in [0.05, 0.1) is 17.0 Å². The van der Waals surface area contributed by atoms with Crippen molar-refractivity contribution in [2.75, 3.05) is 7.11 Å². The first-order valence-electron chi connectivity index (χ1n) is 6.89. The lowest BCUT2D eigenvalue weighted by molar-refractivity contribution is -0.145. The number of methoxy groups -OCH3 is 1. The number of carbonyl (C=O) groups is 2. The second kappa shape index (κ2) is 6.62. The van der Waals surface area contributed by atoms with Gasteiger partial charge >= 0.3 is 5.97 Å². The van der Waals surface area contributed by atoms with Gasteiger partial charge in [-0.1, -0.05) is 17.7 Å². The normalized spacial score (nSPS) is 17.4. The minimum absolute atomic E-state index is 0.0867. The van der Waals surface area contributed by atoms with Crippen LogP contribution >= 0.6 is 11.6 Å². The predicted octanol–water partition coefficient (Wildman–Crippen LogP) is 2.68. The zero-order valence-corrected chi connectivity index (χ0v) is 12.8. The number of hydrogen-bond acceptors (Lipinski definition) is 3. The minimum Gasteiger partial charge on any atom is -0.479 e. The maximum atomic E-state index is 13.5. The molecule has 0 radical (unpaired) electrons. The molecule has 1 atom stereocenters.